The molecule has 2 rings (SSSR count). The zero-order valence-electron chi connectivity index (χ0n) is 9.63. The van der Waals surface area contributed by atoms with E-state index in [9.17, 15) is 9.59 Å². The molecule has 1 aromatic carbocycles. The first kappa shape index (κ1) is 13.2. The van der Waals surface area contributed by atoms with Gasteiger partial charge in [0.05, 0.1) is 0 Å². The van der Waals surface area contributed by atoms with E-state index < -0.39 is 11.8 Å². The Morgan fingerprint density at radius 1 is 1.11 bits per heavy atom. The van der Waals surface area contributed by atoms with Crippen molar-refractivity contribution in [3.8, 4) is 5.75 Å². The van der Waals surface area contributed by atoms with Gasteiger partial charge in [0.15, 0.2) is 12.4 Å². The highest BCUT2D eigenvalue weighted by Gasteiger charge is 2.15. The molecule has 0 aliphatic rings. The van der Waals surface area contributed by atoms with Crippen LogP contribution in [-0.4, -0.2) is 23.5 Å². The number of halogens is 1. The first-order chi connectivity index (χ1) is 9.06. The van der Waals surface area contributed by atoms with Gasteiger partial charge in [-0.05, 0) is 36.4 Å². The van der Waals surface area contributed by atoms with Gasteiger partial charge in [0.1, 0.15) is 5.75 Å². The highest BCUT2D eigenvalue weighted by molar-refractivity contribution is 6.30. The molecule has 0 aliphatic heterocycles. The van der Waals surface area contributed by atoms with Gasteiger partial charge in [-0.2, -0.15) is 0 Å². The van der Waals surface area contributed by atoms with Gasteiger partial charge in [0.2, 0.25) is 11.5 Å². The lowest BCUT2D eigenvalue weighted by Gasteiger charge is -2.03. The van der Waals surface area contributed by atoms with Crippen LogP contribution in [0.15, 0.2) is 40.8 Å². The second-order valence-corrected chi connectivity index (χ2v) is 4.07. The van der Waals surface area contributed by atoms with Crippen molar-refractivity contribution in [2.75, 3.05) is 6.61 Å². The lowest BCUT2D eigenvalue weighted by molar-refractivity contribution is 0.0659. The summed E-state index contributed by atoms with van der Waals surface area (Å²) in [6.07, 6.45) is 0. The summed E-state index contributed by atoms with van der Waals surface area (Å²) in [5.41, 5.74) is 0. The molecule has 0 radical (unpaired) electrons. The number of rotatable bonds is 5. The van der Waals surface area contributed by atoms with Gasteiger partial charge in [-0.3, -0.25) is 4.79 Å². The van der Waals surface area contributed by atoms with Crippen LogP contribution in [0.4, 0.5) is 0 Å². The van der Waals surface area contributed by atoms with Crippen LogP contribution in [0.5, 0.6) is 5.75 Å². The number of hydrogen-bond acceptors (Lipinski definition) is 4. The Labute approximate surface area is 113 Å². The molecule has 6 heteroatoms. The van der Waals surface area contributed by atoms with E-state index in [1.165, 1.54) is 12.1 Å². The number of ketones is 1. The molecule has 0 atom stereocenters. The molecule has 19 heavy (non-hydrogen) atoms. The van der Waals surface area contributed by atoms with Gasteiger partial charge in [-0.1, -0.05) is 11.6 Å². The molecule has 2 aromatic rings. The molecular formula is C13H9ClO5. The summed E-state index contributed by atoms with van der Waals surface area (Å²) in [5, 5.41) is 9.23. The molecule has 0 aliphatic carbocycles. The Morgan fingerprint density at radius 3 is 2.32 bits per heavy atom. The van der Waals surface area contributed by atoms with Crippen LogP contribution in [-0.2, 0) is 0 Å². The van der Waals surface area contributed by atoms with E-state index in [1.54, 1.807) is 24.3 Å². The Morgan fingerprint density at radius 2 is 1.74 bits per heavy atom. The van der Waals surface area contributed by atoms with Crippen LogP contribution in [0.25, 0.3) is 0 Å². The average Bonchev–Trinajstić information content (AvgIpc) is 2.87. The number of carboxylic acids is 1. The molecule has 1 heterocycles. The lowest BCUT2D eigenvalue weighted by atomic mass is 10.3. The van der Waals surface area contributed by atoms with Crippen LogP contribution in [0.2, 0.25) is 5.02 Å². The Bertz CT molecular complexity index is 600. The minimum atomic E-state index is -1.22. The maximum atomic E-state index is 11.7. The third-order valence-electron chi connectivity index (χ3n) is 2.28. The van der Waals surface area contributed by atoms with E-state index >= 15 is 0 Å². The van der Waals surface area contributed by atoms with Crippen molar-refractivity contribution in [1.82, 2.24) is 0 Å². The number of carbonyl (C=O) groups is 2. The Balaban J connectivity index is 1.97. The van der Waals surface area contributed by atoms with Crippen LogP contribution in [0.1, 0.15) is 21.1 Å². The zero-order chi connectivity index (χ0) is 13.8. The largest absolute Gasteiger partial charge is 0.485 e. The van der Waals surface area contributed by atoms with Gasteiger partial charge in [0.25, 0.3) is 0 Å². The molecular weight excluding hydrogens is 272 g/mol. The van der Waals surface area contributed by atoms with E-state index in [-0.39, 0.29) is 18.1 Å². The van der Waals surface area contributed by atoms with Crippen molar-refractivity contribution >= 4 is 23.4 Å². The number of carboxylic acid groups (broad SMARTS) is 1. The summed E-state index contributed by atoms with van der Waals surface area (Å²) in [6.45, 7) is -0.242. The van der Waals surface area contributed by atoms with Crippen LogP contribution in [0.3, 0.4) is 0 Å². The molecule has 1 aromatic heterocycles. The number of ether oxygens (including phenoxy) is 1. The van der Waals surface area contributed by atoms with Crippen LogP contribution in [0, 0.1) is 0 Å². The molecule has 0 saturated carbocycles. The van der Waals surface area contributed by atoms with Crippen LogP contribution >= 0.6 is 11.6 Å². The molecule has 0 saturated heterocycles. The maximum Gasteiger partial charge on any atom is 0.371 e. The Kier molecular flexibility index (Phi) is 3.87. The molecule has 98 valence electrons. The van der Waals surface area contributed by atoms with Gasteiger partial charge in [-0.25, -0.2) is 4.79 Å². The lowest BCUT2D eigenvalue weighted by Crippen LogP contribution is -2.10. The first-order valence-electron chi connectivity index (χ1n) is 5.31. The second kappa shape index (κ2) is 5.58. The van der Waals surface area contributed by atoms with Crippen LogP contribution < -0.4 is 4.74 Å². The summed E-state index contributed by atoms with van der Waals surface area (Å²) >= 11 is 5.71. The molecule has 0 bridgehead atoms. The Hall–Kier alpha value is -2.27. The quantitative estimate of drug-likeness (QED) is 0.852. The maximum absolute atomic E-state index is 11.7. The van der Waals surface area contributed by atoms with Crippen molar-refractivity contribution in [1.29, 1.82) is 0 Å². The fraction of sp³-hybridized carbons (Fsp3) is 0.0769. The molecule has 1 N–H and O–H groups in total. The predicted molar refractivity (Wildman–Crippen MR) is 66.9 cm³/mol. The van der Waals surface area contributed by atoms with E-state index in [0.717, 1.165) is 0 Å². The average molecular weight is 281 g/mol. The van der Waals surface area contributed by atoms with E-state index in [2.05, 4.69) is 0 Å². The van der Waals surface area contributed by atoms with Crippen molar-refractivity contribution in [3.05, 3.63) is 52.9 Å². The third-order valence-corrected chi connectivity index (χ3v) is 2.53. The van der Waals surface area contributed by atoms with Crippen molar-refractivity contribution in [2.24, 2.45) is 0 Å². The third kappa shape index (κ3) is 3.35. The number of benzene rings is 1. The smallest absolute Gasteiger partial charge is 0.371 e. The molecule has 0 amide bonds. The number of carbonyl (C=O) groups excluding carboxylic acids is 1. The van der Waals surface area contributed by atoms with Crippen molar-refractivity contribution in [3.63, 3.8) is 0 Å². The van der Waals surface area contributed by atoms with Crippen molar-refractivity contribution < 1.29 is 23.8 Å². The summed E-state index contributed by atoms with van der Waals surface area (Å²) in [6, 6.07) is 9.04. The van der Waals surface area contributed by atoms with Gasteiger partial charge in [0, 0.05) is 5.02 Å². The molecule has 0 spiro atoms. The number of Topliss-reactive ketones (excluding diaryl/α,β-unsaturated/α-hetero) is 1. The first-order valence-corrected chi connectivity index (χ1v) is 5.69. The topological polar surface area (TPSA) is 76.7 Å². The zero-order valence-corrected chi connectivity index (χ0v) is 10.4. The molecule has 0 fully saturated rings. The standard InChI is InChI=1S/C13H9ClO5/c14-8-1-3-9(4-2-8)18-7-10(15)11-5-6-12(19-11)13(16)17/h1-6H,7H2,(H,16,17). The second-order valence-electron chi connectivity index (χ2n) is 3.63. The normalized spacial score (nSPS) is 10.2. The van der Waals surface area contributed by atoms with Gasteiger partial charge < -0.3 is 14.3 Å². The SMILES string of the molecule is O=C(O)c1ccc(C(=O)COc2ccc(Cl)cc2)o1. The van der Waals surface area contributed by atoms with Gasteiger partial charge in [-0.15, -0.1) is 0 Å². The van der Waals surface area contributed by atoms with Gasteiger partial charge >= 0.3 is 5.97 Å². The minimum Gasteiger partial charge on any atom is -0.485 e. The summed E-state index contributed by atoms with van der Waals surface area (Å²) in [5.74, 6) is -1.51. The minimum absolute atomic E-state index is 0.0497. The molecule has 5 nitrogen and oxygen atoms in total. The van der Waals surface area contributed by atoms with E-state index in [4.69, 9.17) is 25.9 Å². The van der Waals surface area contributed by atoms with E-state index in [0.29, 0.717) is 10.8 Å². The summed E-state index contributed by atoms with van der Waals surface area (Å²) in [4.78, 5) is 22.3. The number of hydrogen-bond donors (Lipinski definition) is 1. The fourth-order valence-corrected chi connectivity index (χ4v) is 1.48. The highest BCUT2D eigenvalue weighted by atomic mass is 35.5. The summed E-state index contributed by atoms with van der Waals surface area (Å²) in [7, 11) is 0. The monoisotopic (exact) mass is 280 g/mol. The predicted octanol–water partition coefficient (Wildman–Crippen LogP) is 2.89. The number of furan rings is 1. The van der Waals surface area contributed by atoms with E-state index in [1.807, 2.05) is 0 Å². The fourth-order valence-electron chi connectivity index (χ4n) is 1.35. The van der Waals surface area contributed by atoms with Crippen molar-refractivity contribution in [2.45, 2.75) is 0 Å². The number of aromatic carboxylic acids is 1. The highest BCUT2D eigenvalue weighted by Crippen LogP contribution is 2.16. The summed E-state index contributed by atoms with van der Waals surface area (Å²) < 4.78 is 10.1. The molecule has 0 unspecified atom stereocenters.